The minimum atomic E-state index is -1.04. The second-order valence-corrected chi connectivity index (χ2v) is 6.33. The Labute approximate surface area is 167 Å². The van der Waals surface area contributed by atoms with Gasteiger partial charge in [0.15, 0.2) is 11.9 Å². The number of ketones is 1. The first-order valence-corrected chi connectivity index (χ1v) is 8.88. The number of rotatable bonds is 7. The van der Waals surface area contributed by atoms with Crippen molar-refractivity contribution in [1.82, 2.24) is 5.32 Å². The van der Waals surface area contributed by atoms with E-state index < -0.39 is 18.0 Å². The van der Waals surface area contributed by atoms with Gasteiger partial charge in [0, 0.05) is 11.3 Å². The van der Waals surface area contributed by atoms with Gasteiger partial charge in [-0.05, 0) is 43.3 Å². The van der Waals surface area contributed by atoms with Gasteiger partial charge in [0.1, 0.15) is 0 Å². The normalized spacial score (nSPS) is 11.4. The van der Waals surface area contributed by atoms with E-state index in [2.05, 4.69) is 15.4 Å². The predicted molar refractivity (Wildman–Crippen MR) is 107 cm³/mol. The standard InChI is InChI=1S/C22H20N2O5/c1-14-5-7-15(8-6-14)19(25)20(24-21(26)18-4-3-13-29-18)23-17-11-9-16(10-12-17)22(27)28-2/h3-13,20,23H,1-2H3,(H,24,26)/t20-/m1/s1. The van der Waals surface area contributed by atoms with E-state index in [1.807, 2.05) is 19.1 Å². The number of carbonyl (C=O) groups is 3. The van der Waals surface area contributed by atoms with Crippen molar-refractivity contribution < 1.29 is 23.5 Å². The highest BCUT2D eigenvalue weighted by Gasteiger charge is 2.24. The van der Waals surface area contributed by atoms with Crippen LogP contribution < -0.4 is 10.6 Å². The van der Waals surface area contributed by atoms with Gasteiger partial charge in [-0.1, -0.05) is 29.8 Å². The zero-order valence-corrected chi connectivity index (χ0v) is 16.0. The topological polar surface area (TPSA) is 97.6 Å². The van der Waals surface area contributed by atoms with Gasteiger partial charge in [0.2, 0.25) is 5.78 Å². The summed E-state index contributed by atoms with van der Waals surface area (Å²) in [6, 6.07) is 16.5. The molecule has 148 valence electrons. The summed E-state index contributed by atoms with van der Waals surface area (Å²) in [5, 5.41) is 5.64. The van der Waals surface area contributed by atoms with Gasteiger partial charge in [0.25, 0.3) is 5.91 Å². The van der Waals surface area contributed by atoms with Gasteiger partial charge in [-0.15, -0.1) is 0 Å². The lowest BCUT2D eigenvalue weighted by molar-refractivity contribution is 0.0600. The first kappa shape index (κ1) is 19.9. The maximum absolute atomic E-state index is 13.0. The molecule has 7 nitrogen and oxygen atoms in total. The molecule has 3 rings (SSSR count). The van der Waals surface area contributed by atoms with Crippen LogP contribution in [0.3, 0.4) is 0 Å². The zero-order chi connectivity index (χ0) is 20.8. The maximum Gasteiger partial charge on any atom is 0.337 e. The average molecular weight is 392 g/mol. The second-order valence-electron chi connectivity index (χ2n) is 6.33. The lowest BCUT2D eigenvalue weighted by Crippen LogP contribution is -2.46. The molecule has 7 heteroatoms. The third kappa shape index (κ3) is 4.90. The molecule has 0 spiro atoms. The summed E-state index contributed by atoms with van der Waals surface area (Å²) < 4.78 is 9.78. The van der Waals surface area contributed by atoms with E-state index in [1.54, 1.807) is 42.5 Å². The molecular weight excluding hydrogens is 372 g/mol. The fourth-order valence-electron chi connectivity index (χ4n) is 2.65. The number of carbonyl (C=O) groups excluding carboxylic acids is 3. The van der Waals surface area contributed by atoms with Crippen LogP contribution in [0.5, 0.6) is 0 Å². The minimum Gasteiger partial charge on any atom is -0.465 e. The third-order valence-corrected chi connectivity index (χ3v) is 4.24. The first-order valence-electron chi connectivity index (χ1n) is 8.88. The fraction of sp³-hybridized carbons (Fsp3) is 0.136. The van der Waals surface area contributed by atoms with E-state index in [0.29, 0.717) is 16.8 Å². The number of benzene rings is 2. The summed E-state index contributed by atoms with van der Waals surface area (Å²) >= 11 is 0. The molecule has 0 bridgehead atoms. The predicted octanol–water partition coefficient (Wildman–Crippen LogP) is 3.43. The van der Waals surface area contributed by atoms with E-state index in [-0.39, 0.29) is 11.5 Å². The Morgan fingerprint density at radius 2 is 1.59 bits per heavy atom. The number of ether oxygens (including phenoxy) is 1. The molecule has 1 heterocycles. The van der Waals surface area contributed by atoms with Gasteiger partial charge in [0.05, 0.1) is 18.9 Å². The van der Waals surface area contributed by atoms with Crippen molar-refractivity contribution in [3.63, 3.8) is 0 Å². The number of esters is 1. The molecule has 1 aromatic heterocycles. The van der Waals surface area contributed by atoms with Crippen molar-refractivity contribution in [1.29, 1.82) is 0 Å². The summed E-state index contributed by atoms with van der Waals surface area (Å²) in [6.45, 7) is 1.92. The number of hydrogen-bond donors (Lipinski definition) is 2. The maximum atomic E-state index is 13.0. The lowest BCUT2D eigenvalue weighted by atomic mass is 10.1. The summed E-state index contributed by atoms with van der Waals surface area (Å²) in [4.78, 5) is 37.0. The van der Waals surface area contributed by atoms with E-state index in [9.17, 15) is 14.4 Å². The molecule has 29 heavy (non-hydrogen) atoms. The van der Waals surface area contributed by atoms with Crippen LogP contribution in [0.1, 0.15) is 36.8 Å². The molecule has 0 fully saturated rings. The quantitative estimate of drug-likeness (QED) is 0.363. The van der Waals surface area contributed by atoms with Crippen LogP contribution in [0.4, 0.5) is 5.69 Å². The van der Waals surface area contributed by atoms with Crippen LogP contribution in [-0.2, 0) is 4.74 Å². The summed E-state index contributed by atoms with van der Waals surface area (Å²) in [6.07, 6.45) is 0.337. The monoisotopic (exact) mass is 392 g/mol. The number of nitrogens with one attached hydrogen (secondary N) is 2. The highest BCUT2D eigenvalue weighted by Crippen LogP contribution is 2.14. The highest BCUT2D eigenvalue weighted by atomic mass is 16.5. The Kier molecular flexibility index (Phi) is 6.09. The Bertz CT molecular complexity index is 993. The van der Waals surface area contributed by atoms with E-state index in [0.717, 1.165) is 5.56 Å². The summed E-state index contributed by atoms with van der Waals surface area (Å²) in [5.41, 5.74) is 2.38. The Balaban J connectivity index is 1.83. The number of methoxy groups -OCH3 is 1. The molecule has 0 unspecified atom stereocenters. The lowest BCUT2D eigenvalue weighted by Gasteiger charge is -2.20. The largest absolute Gasteiger partial charge is 0.465 e. The highest BCUT2D eigenvalue weighted by molar-refractivity contribution is 6.04. The number of aryl methyl sites for hydroxylation is 1. The Morgan fingerprint density at radius 3 is 2.17 bits per heavy atom. The zero-order valence-electron chi connectivity index (χ0n) is 16.0. The molecule has 0 aliphatic carbocycles. The van der Waals surface area contributed by atoms with Crippen LogP contribution in [0.15, 0.2) is 71.3 Å². The van der Waals surface area contributed by atoms with Crippen LogP contribution in [0.25, 0.3) is 0 Å². The van der Waals surface area contributed by atoms with Crippen molar-refractivity contribution in [3.8, 4) is 0 Å². The van der Waals surface area contributed by atoms with E-state index >= 15 is 0 Å². The van der Waals surface area contributed by atoms with Gasteiger partial charge in [-0.25, -0.2) is 4.79 Å². The number of Topliss-reactive ketones (excluding diaryl/α,β-unsaturated/α-hetero) is 1. The summed E-state index contributed by atoms with van der Waals surface area (Å²) in [7, 11) is 1.30. The van der Waals surface area contributed by atoms with Gasteiger partial charge in [-0.3, -0.25) is 9.59 Å². The molecule has 0 aliphatic rings. The third-order valence-electron chi connectivity index (χ3n) is 4.24. The summed E-state index contributed by atoms with van der Waals surface area (Å²) in [5.74, 6) is -1.22. The molecule has 0 saturated heterocycles. The van der Waals surface area contributed by atoms with Crippen molar-refractivity contribution in [2.24, 2.45) is 0 Å². The van der Waals surface area contributed by atoms with Crippen molar-refractivity contribution in [3.05, 3.63) is 89.4 Å². The van der Waals surface area contributed by atoms with Gasteiger partial charge in [-0.2, -0.15) is 0 Å². The number of hydrogen-bond acceptors (Lipinski definition) is 6. The molecule has 1 amide bonds. The molecule has 0 aliphatic heterocycles. The fourth-order valence-corrected chi connectivity index (χ4v) is 2.65. The van der Waals surface area contributed by atoms with Gasteiger partial charge >= 0.3 is 5.97 Å². The average Bonchev–Trinajstić information content (AvgIpc) is 3.28. The van der Waals surface area contributed by atoms with E-state index in [1.165, 1.54) is 19.4 Å². The SMILES string of the molecule is COC(=O)c1ccc(N[C@H](NC(=O)c2ccco2)C(=O)c2ccc(C)cc2)cc1. The number of amides is 1. The molecule has 2 N–H and O–H groups in total. The number of anilines is 1. The molecule has 3 aromatic rings. The van der Waals surface area contributed by atoms with E-state index in [4.69, 9.17) is 4.42 Å². The minimum absolute atomic E-state index is 0.0922. The van der Waals surface area contributed by atoms with Crippen molar-refractivity contribution in [2.45, 2.75) is 13.1 Å². The first-order chi connectivity index (χ1) is 14.0. The number of furan rings is 1. The van der Waals surface area contributed by atoms with Crippen LogP contribution in [0.2, 0.25) is 0 Å². The molecule has 0 saturated carbocycles. The van der Waals surface area contributed by atoms with Crippen LogP contribution >= 0.6 is 0 Å². The second kappa shape index (κ2) is 8.88. The molecule has 1 atom stereocenters. The van der Waals surface area contributed by atoms with Gasteiger partial charge < -0.3 is 19.8 Å². The Morgan fingerprint density at radius 1 is 0.931 bits per heavy atom. The Hall–Kier alpha value is -3.87. The molecule has 2 aromatic carbocycles. The van der Waals surface area contributed by atoms with Crippen molar-refractivity contribution in [2.75, 3.05) is 12.4 Å². The van der Waals surface area contributed by atoms with Crippen LogP contribution in [0, 0.1) is 6.92 Å². The van der Waals surface area contributed by atoms with Crippen molar-refractivity contribution >= 4 is 23.3 Å². The molecular formula is C22H20N2O5. The van der Waals surface area contributed by atoms with Crippen LogP contribution in [-0.4, -0.2) is 30.9 Å². The smallest absolute Gasteiger partial charge is 0.337 e. The molecule has 0 radical (unpaired) electrons.